The molecular formula is C32H32N12O4. The number of amides is 2. The highest BCUT2D eigenvalue weighted by Gasteiger charge is 2.14. The molecular weight excluding hydrogens is 616 g/mol. The van der Waals surface area contributed by atoms with Crippen LogP contribution in [0.5, 0.6) is 5.75 Å². The molecule has 0 saturated carbocycles. The molecule has 48 heavy (non-hydrogen) atoms. The van der Waals surface area contributed by atoms with Crippen LogP contribution in [0, 0.1) is 0 Å². The average molecular weight is 649 g/mol. The predicted molar refractivity (Wildman–Crippen MR) is 172 cm³/mol. The third-order valence-corrected chi connectivity index (χ3v) is 6.93. The van der Waals surface area contributed by atoms with Crippen LogP contribution in [0.1, 0.15) is 55.4 Å². The van der Waals surface area contributed by atoms with E-state index in [0.29, 0.717) is 53.3 Å². The van der Waals surface area contributed by atoms with Gasteiger partial charge in [0.1, 0.15) is 23.7 Å². The fourth-order valence-electron chi connectivity index (χ4n) is 4.49. The molecule has 0 aliphatic heterocycles. The minimum absolute atomic E-state index is 0.117. The molecule has 0 atom stereocenters. The van der Waals surface area contributed by atoms with Crippen LogP contribution in [0.2, 0.25) is 0 Å². The van der Waals surface area contributed by atoms with E-state index >= 15 is 0 Å². The summed E-state index contributed by atoms with van der Waals surface area (Å²) < 4.78 is 11.2. The molecule has 0 fully saturated rings. The Labute approximate surface area is 274 Å². The summed E-state index contributed by atoms with van der Waals surface area (Å²) in [5.41, 5.74) is 2.77. The highest BCUT2D eigenvalue weighted by atomic mass is 16.5. The number of hydrogen-bond acceptors (Lipinski definition) is 12. The SMILES string of the molecule is CC(C)c1noc(CCCC(=O)Nc2nnc(-c3ccc(COc4cccc(CC(=O)Nc5nnc(-c6ccccn6)[nH]5)c4)cn3)[nH]2)n1. The van der Waals surface area contributed by atoms with Crippen LogP contribution in [-0.4, -0.2) is 62.3 Å². The first-order chi connectivity index (χ1) is 23.4. The Kier molecular flexibility index (Phi) is 9.79. The van der Waals surface area contributed by atoms with E-state index in [0.717, 1.165) is 11.1 Å². The summed E-state index contributed by atoms with van der Waals surface area (Å²) in [5, 5.41) is 25.5. The molecule has 244 valence electrons. The molecule has 16 nitrogen and oxygen atoms in total. The van der Waals surface area contributed by atoms with E-state index in [1.807, 2.05) is 44.2 Å². The predicted octanol–water partition coefficient (Wildman–Crippen LogP) is 4.27. The van der Waals surface area contributed by atoms with E-state index in [-0.39, 0.29) is 49.1 Å². The van der Waals surface area contributed by atoms with E-state index in [4.69, 9.17) is 9.26 Å². The number of ether oxygens (including phenoxy) is 1. The third-order valence-electron chi connectivity index (χ3n) is 6.93. The molecule has 5 heterocycles. The van der Waals surface area contributed by atoms with Gasteiger partial charge in [0.15, 0.2) is 17.5 Å². The van der Waals surface area contributed by atoms with E-state index in [2.05, 4.69) is 61.1 Å². The molecule has 0 radical (unpaired) electrons. The normalized spacial score (nSPS) is 11.1. The molecule has 4 N–H and O–H groups in total. The summed E-state index contributed by atoms with van der Waals surface area (Å²) in [6, 6.07) is 16.4. The Balaban J connectivity index is 0.946. The Bertz CT molecular complexity index is 1970. The van der Waals surface area contributed by atoms with Gasteiger partial charge in [-0.2, -0.15) is 4.98 Å². The molecule has 6 rings (SSSR count). The van der Waals surface area contributed by atoms with Crippen molar-refractivity contribution in [1.29, 1.82) is 0 Å². The molecule has 1 aromatic carbocycles. The number of H-pyrrole nitrogens is 2. The van der Waals surface area contributed by atoms with Crippen molar-refractivity contribution in [1.82, 2.24) is 50.5 Å². The van der Waals surface area contributed by atoms with Crippen molar-refractivity contribution in [3.63, 3.8) is 0 Å². The number of benzene rings is 1. The van der Waals surface area contributed by atoms with Crippen molar-refractivity contribution < 1.29 is 18.8 Å². The number of aromatic amines is 2. The van der Waals surface area contributed by atoms with Crippen molar-refractivity contribution in [3.05, 3.63) is 89.8 Å². The fraction of sp³-hybridized carbons (Fsp3) is 0.250. The Hall–Kier alpha value is -6.32. The van der Waals surface area contributed by atoms with Gasteiger partial charge >= 0.3 is 0 Å². The number of anilines is 2. The molecule has 16 heteroatoms. The smallest absolute Gasteiger partial charge is 0.231 e. The topological polar surface area (TPSA) is 215 Å². The quantitative estimate of drug-likeness (QED) is 0.130. The maximum Gasteiger partial charge on any atom is 0.231 e. The van der Waals surface area contributed by atoms with Crippen LogP contribution in [0.25, 0.3) is 23.0 Å². The summed E-state index contributed by atoms with van der Waals surface area (Å²) in [6.07, 6.45) is 4.76. The molecule has 6 aromatic rings. The van der Waals surface area contributed by atoms with Gasteiger partial charge in [-0.1, -0.05) is 43.3 Å². The zero-order valence-electron chi connectivity index (χ0n) is 26.2. The maximum absolute atomic E-state index is 12.6. The third kappa shape index (κ3) is 8.48. The second-order valence-electron chi connectivity index (χ2n) is 11.1. The van der Waals surface area contributed by atoms with Crippen LogP contribution in [-0.2, 0) is 29.0 Å². The van der Waals surface area contributed by atoms with Crippen molar-refractivity contribution in [2.75, 3.05) is 10.6 Å². The molecule has 0 bridgehead atoms. The molecule has 2 amide bonds. The monoisotopic (exact) mass is 648 g/mol. The summed E-state index contributed by atoms with van der Waals surface area (Å²) in [5.74, 6) is 2.83. The lowest BCUT2D eigenvalue weighted by molar-refractivity contribution is -0.116. The molecule has 0 aliphatic rings. The van der Waals surface area contributed by atoms with Gasteiger partial charge in [-0.15, -0.1) is 20.4 Å². The molecule has 0 spiro atoms. The minimum Gasteiger partial charge on any atom is -0.489 e. The van der Waals surface area contributed by atoms with E-state index in [1.54, 1.807) is 36.7 Å². The van der Waals surface area contributed by atoms with Crippen molar-refractivity contribution in [2.24, 2.45) is 0 Å². The highest BCUT2D eigenvalue weighted by Crippen LogP contribution is 2.19. The first kappa shape index (κ1) is 31.7. The highest BCUT2D eigenvalue weighted by molar-refractivity contribution is 5.91. The number of carbonyl (C=O) groups is 2. The number of carbonyl (C=O) groups excluding carboxylic acids is 2. The van der Waals surface area contributed by atoms with E-state index in [1.165, 1.54) is 0 Å². The van der Waals surface area contributed by atoms with Crippen molar-refractivity contribution >= 4 is 23.7 Å². The molecule has 0 aliphatic carbocycles. The van der Waals surface area contributed by atoms with Gasteiger partial charge in [0.2, 0.25) is 29.6 Å². The first-order valence-corrected chi connectivity index (χ1v) is 15.2. The Morgan fingerprint density at radius 2 is 1.62 bits per heavy atom. The number of nitrogens with zero attached hydrogens (tertiary/aromatic N) is 8. The second kappa shape index (κ2) is 14.8. The van der Waals surface area contributed by atoms with E-state index < -0.39 is 0 Å². The Morgan fingerprint density at radius 1 is 0.854 bits per heavy atom. The van der Waals surface area contributed by atoms with Gasteiger partial charge in [-0.05, 0) is 42.3 Å². The lowest BCUT2D eigenvalue weighted by atomic mass is 10.1. The second-order valence-corrected chi connectivity index (χ2v) is 11.1. The van der Waals surface area contributed by atoms with Gasteiger partial charge in [-0.25, -0.2) is 0 Å². The summed E-state index contributed by atoms with van der Waals surface area (Å²) in [7, 11) is 0. The lowest BCUT2D eigenvalue weighted by Gasteiger charge is -2.08. The largest absolute Gasteiger partial charge is 0.489 e. The average Bonchev–Trinajstić information content (AvgIpc) is 3.87. The zero-order valence-corrected chi connectivity index (χ0v) is 26.2. The van der Waals surface area contributed by atoms with Crippen LogP contribution in [0.4, 0.5) is 11.9 Å². The summed E-state index contributed by atoms with van der Waals surface area (Å²) >= 11 is 0. The van der Waals surface area contributed by atoms with E-state index in [9.17, 15) is 9.59 Å². The fourth-order valence-corrected chi connectivity index (χ4v) is 4.49. The molecule has 0 unspecified atom stereocenters. The summed E-state index contributed by atoms with van der Waals surface area (Å²) in [4.78, 5) is 43.9. The van der Waals surface area contributed by atoms with Crippen LogP contribution < -0.4 is 15.4 Å². The first-order valence-electron chi connectivity index (χ1n) is 15.2. The van der Waals surface area contributed by atoms with Crippen molar-refractivity contribution in [2.45, 2.75) is 52.1 Å². The van der Waals surface area contributed by atoms with Crippen molar-refractivity contribution in [3.8, 4) is 28.8 Å². The Morgan fingerprint density at radius 3 is 2.31 bits per heavy atom. The number of rotatable bonds is 14. The van der Waals surface area contributed by atoms with Gasteiger partial charge in [-0.3, -0.25) is 30.2 Å². The van der Waals surface area contributed by atoms with Crippen LogP contribution in [0.3, 0.4) is 0 Å². The molecule has 5 aromatic heterocycles. The van der Waals surface area contributed by atoms with Gasteiger partial charge in [0.25, 0.3) is 0 Å². The zero-order chi connectivity index (χ0) is 33.3. The molecule has 0 saturated heterocycles. The maximum atomic E-state index is 12.6. The lowest BCUT2D eigenvalue weighted by Crippen LogP contribution is -2.15. The number of hydrogen-bond donors (Lipinski definition) is 4. The number of aromatic nitrogens is 10. The van der Waals surface area contributed by atoms with Crippen LogP contribution >= 0.6 is 0 Å². The minimum atomic E-state index is -0.258. The number of pyridine rings is 2. The number of aryl methyl sites for hydroxylation is 1. The standard InChI is InChI=1S/C32H32N12O4/c1-19(2)28-37-27(48-44-28)11-6-10-25(45)35-31-39-30(41-42-31)24-13-12-21(17-34-24)18-47-22-8-5-7-20(15-22)16-26(46)36-32-38-29(40-43-32)23-9-3-4-14-33-23/h3-5,7-9,12-15,17,19H,6,10-11,16,18H2,1-2H3,(H2,35,39,41,42,45)(H2,36,38,40,43,46). The summed E-state index contributed by atoms with van der Waals surface area (Å²) in [6.45, 7) is 4.24. The van der Waals surface area contributed by atoms with Crippen LogP contribution in [0.15, 0.2) is 71.5 Å². The number of nitrogens with one attached hydrogen (secondary N) is 4. The van der Waals surface area contributed by atoms with Gasteiger partial charge in [0.05, 0.1) is 6.42 Å². The van der Waals surface area contributed by atoms with Gasteiger partial charge < -0.3 is 19.2 Å². The van der Waals surface area contributed by atoms with Gasteiger partial charge in [0, 0.05) is 36.7 Å².